The lowest BCUT2D eigenvalue weighted by atomic mass is 9.92. The molecule has 1 saturated heterocycles. The molecular formula is C26H25Cl2N3O4. The Bertz CT molecular complexity index is 1240. The largest absolute Gasteiger partial charge is 0.489 e. The maximum Gasteiger partial charge on any atom is 0.432 e. The molecule has 1 aliphatic carbocycles. The first-order valence-electron chi connectivity index (χ1n) is 11.6. The predicted octanol–water partition coefficient (Wildman–Crippen LogP) is 5.24. The molecule has 0 bridgehead atoms. The highest BCUT2D eigenvalue weighted by Gasteiger charge is 2.38. The summed E-state index contributed by atoms with van der Waals surface area (Å²) >= 11 is 13.1. The number of carboxylic acid groups (broad SMARTS) is 1. The van der Waals surface area contributed by atoms with Gasteiger partial charge in [-0.3, -0.25) is 4.79 Å². The predicted molar refractivity (Wildman–Crippen MR) is 132 cm³/mol. The van der Waals surface area contributed by atoms with E-state index in [-0.39, 0.29) is 17.9 Å². The number of fused-ring (bicyclic) bond motifs is 1. The van der Waals surface area contributed by atoms with Crippen LogP contribution in [0.5, 0.6) is 5.75 Å². The minimum Gasteiger partial charge on any atom is -0.489 e. The van der Waals surface area contributed by atoms with Gasteiger partial charge in [0.1, 0.15) is 12.4 Å². The number of likely N-dealkylation sites (tertiary alicyclic amines) is 1. The summed E-state index contributed by atoms with van der Waals surface area (Å²) in [5.74, 6) is 0.497. The van der Waals surface area contributed by atoms with E-state index in [9.17, 15) is 14.7 Å². The first kappa shape index (κ1) is 23.7. The lowest BCUT2D eigenvalue weighted by Gasteiger charge is -2.31. The summed E-state index contributed by atoms with van der Waals surface area (Å²) in [6.45, 7) is 1.08. The van der Waals surface area contributed by atoms with Crippen molar-refractivity contribution in [1.82, 2.24) is 14.7 Å². The van der Waals surface area contributed by atoms with Crippen LogP contribution in [0.3, 0.4) is 0 Å². The number of aryl methyl sites for hydroxylation is 1. The van der Waals surface area contributed by atoms with Crippen LogP contribution in [0.15, 0.2) is 48.7 Å². The highest BCUT2D eigenvalue weighted by Crippen LogP contribution is 2.36. The van der Waals surface area contributed by atoms with Crippen molar-refractivity contribution in [2.24, 2.45) is 5.92 Å². The maximum atomic E-state index is 13.3. The summed E-state index contributed by atoms with van der Waals surface area (Å²) in [5.41, 5.74) is 3.51. The van der Waals surface area contributed by atoms with Crippen molar-refractivity contribution in [3.05, 3.63) is 81.1 Å². The van der Waals surface area contributed by atoms with E-state index in [1.807, 2.05) is 35.2 Å². The molecule has 3 aromatic rings. The van der Waals surface area contributed by atoms with Crippen molar-refractivity contribution in [3.8, 4) is 5.75 Å². The highest BCUT2D eigenvalue weighted by molar-refractivity contribution is 6.36. The Morgan fingerprint density at radius 2 is 1.89 bits per heavy atom. The summed E-state index contributed by atoms with van der Waals surface area (Å²) in [5, 5.41) is 14.3. The molecule has 2 aliphatic rings. The number of rotatable bonds is 6. The number of hydrogen-bond acceptors (Lipinski definition) is 4. The molecule has 0 spiro atoms. The minimum absolute atomic E-state index is 0.0474. The Hall–Kier alpha value is -3.03. The second-order valence-electron chi connectivity index (χ2n) is 9.09. The van der Waals surface area contributed by atoms with Crippen molar-refractivity contribution < 1.29 is 19.4 Å². The monoisotopic (exact) mass is 513 g/mol. The molecule has 1 aliphatic heterocycles. The van der Waals surface area contributed by atoms with E-state index in [4.69, 9.17) is 27.9 Å². The van der Waals surface area contributed by atoms with Gasteiger partial charge < -0.3 is 14.7 Å². The molecule has 0 radical (unpaired) electrons. The van der Waals surface area contributed by atoms with Gasteiger partial charge >= 0.3 is 6.09 Å². The maximum absolute atomic E-state index is 13.3. The third-order valence-electron chi connectivity index (χ3n) is 6.85. The SMILES string of the molecule is O=C1[C@H](Cc2c(Cl)cc(OCc3ccccc3)cc2Cl)CCN1[C@H]1CCc2nn(C(=O)O)cc2C1. The Labute approximate surface area is 213 Å². The number of ether oxygens (including phenoxy) is 1. The molecule has 9 heteroatoms. The van der Waals surface area contributed by atoms with Crippen molar-refractivity contribution in [1.29, 1.82) is 0 Å². The molecule has 35 heavy (non-hydrogen) atoms. The van der Waals surface area contributed by atoms with Gasteiger partial charge in [0.25, 0.3) is 0 Å². The van der Waals surface area contributed by atoms with Gasteiger partial charge in [-0.25, -0.2) is 4.79 Å². The van der Waals surface area contributed by atoms with E-state index in [2.05, 4.69) is 5.10 Å². The number of nitrogens with zero attached hydrogens (tertiary/aromatic N) is 3. The fourth-order valence-corrected chi connectivity index (χ4v) is 5.63. The Morgan fingerprint density at radius 1 is 1.14 bits per heavy atom. The van der Waals surface area contributed by atoms with Crippen LogP contribution < -0.4 is 4.74 Å². The standard InChI is InChI=1S/C26H25Cl2N3O4/c27-22-12-20(35-15-16-4-2-1-3-5-16)13-23(28)21(22)11-17-8-9-30(25(17)32)19-6-7-24-18(10-19)14-31(29-24)26(33)34/h1-5,12-14,17,19H,6-11,15H2,(H,33,34)/t17-,19-/m0/s1. The Morgan fingerprint density at radius 3 is 2.60 bits per heavy atom. The van der Waals surface area contributed by atoms with Gasteiger partial charge in [-0.1, -0.05) is 53.5 Å². The number of hydrogen-bond donors (Lipinski definition) is 1. The van der Waals surface area contributed by atoms with Crippen LogP contribution in [0.1, 0.15) is 35.2 Å². The zero-order chi connectivity index (χ0) is 24.5. The number of halogens is 2. The Balaban J connectivity index is 1.23. The molecule has 182 valence electrons. The second kappa shape index (κ2) is 9.91. The van der Waals surface area contributed by atoms with E-state index in [1.165, 1.54) is 0 Å². The normalized spacial score (nSPS) is 19.6. The smallest absolute Gasteiger partial charge is 0.432 e. The second-order valence-corrected chi connectivity index (χ2v) is 9.90. The van der Waals surface area contributed by atoms with Crippen LogP contribution >= 0.6 is 23.2 Å². The van der Waals surface area contributed by atoms with Gasteiger partial charge in [-0.15, -0.1) is 0 Å². The number of carbonyl (C=O) groups excluding carboxylic acids is 1. The van der Waals surface area contributed by atoms with Crippen molar-refractivity contribution in [2.75, 3.05) is 6.54 Å². The zero-order valence-electron chi connectivity index (χ0n) is 19.0. The van der Waals surface area contributed by atoms with Gasteiger partial charge in [0.05, 0.1) is 5.69 Å². The molecular weight excluding hydrogens is 489 g/mol. The summed E-state index contributed by atoms with van der Waals surface area (Å²) in [7, 11) is 0. The Kier molecular flexibility index (Phi) is 6.71. The van der Waals surface area contributed by atoms with E-state index in [0.717, 1.165) is 39.9 Å². The van der Waals surface area contributed by atoms with Crippen LogP contribution in [0.4, 0.5) is 4.79 Å². The molecule has 5 rings (SSSR count). The minimum atomic E-state index is -1.10. The average molecular weight is 514 g/mol. The van der Waals surface area contributed by atoms with E-state index in [1.54, 1.807) is 18.3 Å². The van der Waals surface area contributed by atoms with Crippen molar-refractivity contribution >= 4 is 35.2 Å². The highest BCUT2D eigenvalue weighted by atomic mass is 35.5. The van der Waals surface area contributed by atoms with Crippen LogP contribution in [0.25, 0.3) is 0 Å². The molecule has 0 unspecified atom stereocenters. The fraction of sp³-hybridized carbons (Fsp3) is 0.346. The first-order chi connectivity index (χ1) is 16.9. The van der Waals surface area contributed by atoms with Gasteiger partial charge in [0.2, 0.25) is 5.91 Å². The third kappa shape index (κ3) is 5.02. The van der Waals surface area contributed by atoms with Crippen molar-refractivity contribution in [2.45, 2.75) is 44.8 Å². The average Bonchev–Trinajstić information content (AvgIpc) is 3.44. The summed E-state index contributed by atoms with van der Waals surface area (Å²) in [4.78, 5) is 26.4. The molecule has 7 nitrogen and oxygen atoms in total. The summed E-state index contributed by atoms with van der Waals surface area (Å²) in [6, 6.07) is 13.4. The number of amides is 1. The van der Waals surface area contributed by atoms with E-state index < -0.39 is 6.09 Å². The lowest BCUT2D eigenvalue weighted by Crippen LogP contribution is -2.41. The number of benzene rings is 2. The number of carbonyl (C=O) groups is 2. The van der Waals surface area contributed by atoms with E-state index in [0.29, 0.717) is 48.2 Å². The van der Waals surface area contributed by atoms with Gasteiger partial charge in [-0.05, 0) is 60.9 Å². The molecule has 1 N–H and O–H groups in total. The zero-order valence-corrected chi connectivity index (χ0v) is 20.5. The summed E-state index contributed by atoms with van der Waals surface area (Å²) < 4.78 is 6.81. The van der Waals surface area contributed by atoms with Gasteiger partial charge in [0.15, 0.2) is 0 Å². The van der Waals surface area contributed by atoms with Crippen LogP contribution in [0, 0.1) is 5.92 Å². The first-order valence-corrected chi connectivity index (χ1v) is 12.4. The van der Waals surface area contributed by atoms with Gasteiger partial charge in [0, 0.05) is 34.7 Å². The van der Waals surface area contributed by atoms with Crippen LogP contribution in [0.2, 0.25) is 10.0 Å². The molecule has 2 aromatic carbocycles. The molecule has 2 atom stereocenters. The molecule has 1 fully saturated rings. The third-order valence-corrected chi connectivity index (χ3v) is 7.52. The topological polar surface area (TPSA) is 84.7 Å². The quantitative estimate of drug-likeness (QED) is 0.486. The summed E-state index contributed by atoms with van der Waals surface area (Å²) in [6.07, 6.45) is 3.72. The van der Waals surface area contributed by atoms with E-state index >= 15 is 0 Å². The molecule has 2 heterocycles. The lowest BCUT2D eigenvalue weighted by molar-refractivity contribution is -0.133. The molecule has 1 aromatic heterocycles. The van der Waals surface area contributed by atoms with Crippen molar-refractivity contribution in [3.63, 3.8) is 0 Å². The van der Waals surface area contributed by atoms with Gasteiger partial charge in [-0.2, -0.15) is 9.78 Å². The molecule has 1 amide bonds. The van der Waals surface area contributed by atoms with Crippen LogP contribution in [-0.2, 0) is 30.7 Å². The van der Waals surface area contributed by atoms with Crippen LogP contribution in [-0.4, -0.2) is 44.4 Å². The molecule has 0 saturated carbocycles. The number of aromatic nitrogens is 2. The fourth-order valence-electron chi connectivity index (χ4n) is 5.01.